The second-order valence-corrected chi connectivity index (χ2v) is 15.0. The van der Waals surface area contributed by atoms with E-state index in [4.69, 9.17) is 26.2 Å². The van der Waals surface area contributed by atoms with E-state index in [2.05, 4.69) is 20.6 Å². The second-order valence-electron chi connectivity index (χ2n) is 15.0. The van der Waals surface area contributed by atoms with E-state index in [0.29, 0.717) is 46.9 Å². The van der Waals surface area contributed by atoms with E-state index < -0.39 is 23.3 Å². The molecular weight excluding hydrogens is 671 g/mol. The van der Waals surface area contributed by atoms with Crippen molar-refractivity contribution in [2.75, 3.05) is 50.8 Å². The Hall–Kier alpha value is -4.64. The van der Waals surface area contributed by atoms with Crippen LogP contribution in [0, 0.1) is 24.0 Å². The summed E-state index contributed by atoms with van der Waals surface area (Å²) in [7, 11) is 1.74. The highest BCUT2D eigenvalue weighted by Crippen LogP contribution is 2.47. The largest absolute Gasteiger partial charge is 0.508 e. The molecule has 0 amide bonds. The van der Waals surface area contributed by atoms with Crippen molar-refractivity contribution in [3.05, 3.63) is 47.7 Å². The highest BCUT2D eigenvalue weighted by Gasteiger charge is 2.49. The van der Waals surface area contributed by atoms with Crippen molar-refractivity contribution in [3.63, 3.8) is 0 Å². The summed E-state index contributed by atoms with van der Waals surface area (Å²) in [5.41, 5.74) is -0.0195. The van der Waals surface area contributed by atoms with Crippen LogP contribution in [-0.2, 0) is 7.05 Å². The minimum Gasteiger partial charge on any atom is -0.508 e. The van der Waals surface area contributed by atoms with Crippen LogP contribution in [-0.4, -0.2) is 109 Å². The standard InChI is InChI=1S/C39H40F3N7O3/c1-3-27-30(41)9-6-22-14-26(51)15-28(31(22)27)32-34(42)36-33(29-20-46(2)45-35(29)32)37(49-24-7-8-25(49)19-47(18-24)11-5-13-50)44-38(43-36)52-21-39-10-4-12-48(39)17-23(40)16-39/h1,6,9,14-15,20,23-25,50-51H,4-5,7-8,10-13,16-19,21H2,2H3/t23-,24?,25?,39+/m1/s1. The summed E-state index contributed by atoms with van der Waals surface area (Å²) in [5, 5.41) is 26.9. The molecule has 0 aliphatic carbocycles. The summed E-state index contributed by atoms with van der Waals surface area (Å²) in [6.45, 7) is 3.78. The van der Waals surface area contributed by atoms with Gasteiger partial charge in [-0.25, -0.2) is 13.2 Å². The quantitative estimate of drug-likeness (QED) is 0.208. The molecule has 6 heterocycles. The average molecular weight is 712 g/mol. The molecule has 4 aliphatic heterocycles. The molecule has 13 heteroatoms. The molecule has 270 valence electrons. The van der Waals surface area contributed by atoms with E-state index in [-0.39, 0.29) is 64.7 Å². The van der Waals surface area contributed by atoms with Gasteiger partial charge in [-0.05, 0) is 67.8 Å². The number of anilines is 1. The number of terminal acetylenes is 1. The molecule has 5 aromatic rings. The first-order valence-electron chi connectivity index (χ1n) is 18.1. The minimum absolute atomic E-state index is 0.00245. The van der Waals surface area contributed by atoms with Crippen molar-refractivity contribution in [1.29, 1.82) is 0 Å². The number of aliphatic hydroxyl groups is 1. The summed E-state index contributed by atoms with van der Waals surface area (Å²) in [6.07, 6.45) is 11.3. The molecule has 4 saturated heterocycles. The topological polar surface area (TPSA) is 103 Å². The van der Waals surface area contributed by atoms with Gasteiger partial charge in [-0.1, -0.05) is 12.0 Å². The second kappa shape index (κ2) is 12.5. The molecule has 0 radical (unpaired) electrons. The smallest absolute Gasteiger partial charge is 0.319 e. The van der Waals surface area contributed by atoms with Crippen molar-refractivity contribution in [1.82, 2.24) is 29.5 Å². The third-order valence-corrected chi connectivity index (χ3v) is 11.8. The van der Waals surface area contributed by atoms with Gasteiger partial charge in [-0.15, -0.1) is 6.42 Å². The number of ether oxygens (including phenoxy) is 1. The lowest BCUT2D eigenvalue weighted by atomic mass is 9.91. The Balaban J connectivity index is 1.27. The van der Waals surface area contributed by atoms with Gasteiger partial charge in [0.1, 0.15) is 41.2 Å². The van der Waals surface area contributed by atoms with E-state index in [9.17, 15) is 14.6 Å². The Morgan fingerprint density at radius 1 is 1.08 bits per heavy atom. The summed E-state index contributed by atoms with van der Waals surface area (Å²) in [5.74, 6) is 1.46. The first-order chi connectivity index (χ1) is 25.2. The Bertz CT molecular complexity index is 2280. The average Bonchev–Trinajstić information content (AvgIpc) is 3.85. The van der Waals surface area contributed by atoms with Crippen molar-refractivity contribution in [2.24, 2.45) is 7.05 Å². The first-order valence-corrected chi connectivity index (χ1v) is 18.1. The molecule has 52 heavy (non-hydrogen) atoms. The number of aryl methyl sites for hydroxylation is 1. The fraction of sp³-hybridized carbons (Fsp3) is 0.462. The van der Waals surface area contributed by atoms with Crippen LogP contribution < -0.4 is 9.64 Å². The summed E-state index contributed by atoms with van der Waals surface area (Å²) in [6, 6.07) is 5.75. The third-order valence-electron chi connectivity index (χ3n) is 11.8. The number of phenolic OH excluding ortho intramolecular Hbond substituents is 1. The molecule has 2 bridgehead atoms. The molecule has 9 rings (SSSR count). The number of aliphatic hydroxyl groups excluding tert-OH is 1. The maximum absolute atomic E-state index is 17.7. The Morgan fingerprint density at radius 3 is 2.65 bits per heavy atom. The lowest BCUT2D eigenvalue weighted by molar-refractivity contribution is 0.107. The van der Waals surface area contributed by atoms with Gasteiger partial charge in [0.2, 0.25) is 0 Å². The van der Waals surface area contributed by atoms with E-state index in [0.717, 1.165) is 51.9 Å². The maximum Gasteiger partial charge on any atom is 0.319 e. The zero-order chi connectivity index (χ0) is 35.9. The van der Waals surface area contributed by atoms with Crippen molar-refractivity contribution < 1.29 is 28.1 Å². The van der Waals surface area contributed by atoms with Crippen LogP contribution in [0.15, 0.2) is 30.5 Å². The number of rotatable bonds is 8. The van der Waals surface area contributed by atoms with Gasteiger partial charge >= 0.3 is 6.01 Å². The third kappa shape index (κ3) is 5.17. The predicted molar refractivity (Wildman–Crippen MR) is 192 cm³/mol. The summed E-state index contributed by atoms with van der Waals surface area (Å²) < 4.78 is 55.6. The van der Waals surface area contributed by atoms with Crippen LogP contribution in [0.1, 0.15) is 44.1 Å². The molecule has 2 unspecified atom stereocenters. The van der Waals surface area contributed by atoms with Gasteiger partial charge in [-0.2, -0.15) is 15.1 Å². The summed E-state index contributed by atoms with van der Waals surface area (Å²) in [4.78, 5) is 16.6. The Labute approximate surface area is 298 Å². The zero-order valence-electron chi connectivity index (χ0n) is 29.0. The minimum atomic E-state index is -0.941. The van der Waals surface area contributed by atoms with Gasteiger partial charge in [0.05, 0.1) is 16.5 Å². The molecule has 3 aromatic carbocycles. The highest BCUT2D eigenvalue weighted by molar-refractivity contribution is 6.18. The monoisotopic (exact) mass is 711 g/mol. The molecule has 10 nitrogen and oxygen atoms in total. The number of hydrogen-bond acceptors (Lipinski definition) is 9. The van der Waals surface area contributed by atoms with E-state index in [1.807, 2.05) is 0 Å². The fourth-order valence-electron chi connectivity index (χ4n) is 9.64. The zero-order valence-corrected chi connectivity index (χ0v) is 29.0. The summed E-state index contributed by atoms with van der Waals surface area (Å²) >= 11 is 0. The number of fused-ring (bicyclic) bond motifs is 7. The molecule has 4 aliphatic rings. The number of halogens is 3. The molecule has 2 aromatic heterocycles. The number of hydrogen-bond donors (Lipinski definition) is 2. The van der Waals surface area contributed by atoms with Gasteiger partial charge < -0.3 is 19.8 Å². The van der Waals surface area contributed by atoms with Crippen molar-refractivity contribution >= 4 is 38.4 Å². The Kier molecular flexibility index (Phi) is 7.98. The number of aromatic hydroxyl groups is 1. The number of nitrogens with zero attached hydrogens (tertiary/aromatic N) is 7. The van der Waals surface area contributed by atoms with E-state index in [1.54, 1.807) is 17.9 Å². The number of phenols is 1. The van der Waals surface area contributed by atoms with Gasteiger partial charge in [0.15, 0.2) is 5.82 Å². The predicted octanol–water partition coefficient (Wildman–Crippen LogP) is 5.29. The lowest BCUT2D eigenvalue weighted by Crippen LogP contribution is -2.54. The molecule has 0 spiro atoms. The van der Waals surface area contributed by atoms with Crippen LogP contribution in [0.4, 0.5) is 19.0 Å². The van der Waals surface area contributed by atoms with Gasteiger partial charge in [-0.3, -0.25) is 14.5 Å². The van der Waals surface area contributed by atoms with Crippen LogP contribution in [0.2, 0.25) is 0 Å². The van der Waals surface area contributed by atoms with Crippen LogP contribution in [0.3, 0.4) is 0 Å². The highest BCUT2D eigenvalue weighted by atomic mass is 19.1. The number of piperazine rings is 1. The van der Waals surface area contributed by atoms with Crippen molar-refractivity contribution in [2.45, 2.75) is 62.3 Å². The molecule has 0 saturated carbocycles. The lowest BCUT2D eigenvalue weighted by Gasteiger charge is -2.42. The van der Waals surface area contributed by atoms with E-state index in [1.165, 1.54) is 24.3 Å². The number of benzene rings is 3. The normalized spacial score (nSPS) is 24.8. The number of aromatic nitrogens is 4. The maximum atomic E-state index is 17.7. The fourth-order valence-corrected chi connectivity index (χ4v) is 9.64. The van der Waals surface area contributed by atoms with Crippen molar-refractivity contribution in [3.8, 4) is 35.2 Å². The molecular formula is C39H40F3N7O3. The molecule has 2 N–H and O–H groups in total. The van der Waals surface area contributed by atoms with Crippen LogP contribution in [0.5, 0.6) is 11.8 Å². The van der Waals surface area contributed by atoms with Gasteiger partial charge in [0, 0.05) is 80.9 Å². The Morgan fingerprint density at radius 2 is 1.88 bits per heavy atom. The molecule has 4 atom stereocenters. The van der Waals surface area contributed by atoms with Crippen LogP contribution >= 0.6 is 0 Å². The first kappa shape index (κ1) is 33.2. The SMILES string of the molecule is C#Cc1c(F)ccc2cc(O)cc(-c3c(F)c4nc(OC[C@@]56CCCN5C[C@H](F)C6)nc(N5C6CCC5CN(CCCO)C6)c4c4cn(C)nc34)c12. The van der Waals surface area contributed by atoms with Crippen LogP contribution in [0.25, 0.3) is 43.7 Å². The number of alkyl halides is 1. The van der Waals surface area contributed by atoms with Gasteiger partial charge in [0.25, 0.3) is 0 Å². The van der Waals surface area contributed by atoms with E-state index >= 15 is 8.78 Å². The molecule has 4 fully saturated rings. The number of likely N-dealkylation sites (tertiary alicyclic amines) is 1.